The normalized spacial score (nSPS) is 19.7. The summed E-state index contributed by atoms with van der Waals surface area (Å²) in [6, 6.07) is 21.7. The van der Waals surface area contributed by atoms with E-state index in [1.807, 2.05) is 48.5 Å². The smallest absolute Gasteiger partial charge is 0.416 e. The Morgan fingerprint density at radius 1 is 0.902 bits per heavy atom. The Morgan fingerprint density at radius 2 is 1.59 bits per heavy atom. The van der Waals surface area contributed by atoms with Crippen LogP contribution < -0.4 is 5.48 Å². The van der Waals surface area contributed by atoms with Gasteiger partial charge in [-0.2, -0.15) is 17.5 Å². The number of hydrogen-bond acceptors (Lipinski definition) is 8. The van der Waals surface area contributed by atoms with Crippen LogP contribution in [0.25, 0.3) is 21.6 Å². The summed E-state index contributed by atoms with van der Waals surface area (Å²) in [6.07, 6.45) is -3.66. The molecule has 3 aromatic carbocycles. The van der Waals surface area contributed by atoms with E-state index in [4.69, 9.17) is 14.3 Å². The van der Waals surface area contributed by atoms with Crippen molar-refractivity contribution in [1.82, 2.24) is 14.7 Å². The van der Waals surface area contributed by atoms with E-state index in [0.717, 1.165) is 62.9 Å². The van der Waals surface area contributed by atoms with Crippen molar-refractivity contribution in [2.45, 2.75) is 47.9 Å². The second-order valence-electron chi connectivity index (χ2n) is 12.5. The lowest BCUT2D eigenvalue weighted by Gasteiger charge is -2.38. The van der Waals surface area contributed by atoms with Gasteiger partial charge in [0.25, 0.3) is 15.9 Å². The summed E-state index contributed by atoms with van der Waals surface area (Å²) in [7, 11) is -4.31. The fourth-order valence-electron chi connectivity index (χ4n) is 6.67. The topological polar surface area (TPSA) is 114 Å². The van der Waals surface area contributed by atoms with Crippen molar-refractivity contribution in [3.63, 3.8) is 0 Å². The molecular formula is C36H34F3N3O7S2. The molecule has 1 aromatic heterocycles. The minimum absolute atomic E-state index is 0.0479. The van der Waals surface area contributed by atoms with Gasteiger partial charge in [0.1, 0.15) is 16.9 Å². The van der Waals surface area contributed by atoms with Crippen LogP contribution in [0, 0.1) is 0 Å². The van der Waals surface area contributed by atoms with Gasteiger partial charge in [0.05, 0.1) is 5.56 Å². The van der Waals surface area contributed by atoms with Crippen LogP contribution in [-0.2, 0) is 35.3 Å². The monoisotopic (exact) mass is 741 g/mol. The van der Waals surface area contributed by atoms with E-state index >= 15 is 0 Å². The molecule has 1 aliphatic carbocycles. The maximum Gasteiger partial charge on any atom is 0.416 e. The summed E-state index contributed by atoms with van der Waals surface area (Å²) in [5, 5.41) is 0. The van der Waals surface area contributed by atoms with Gasteiger partial charge in [0, 0.05) is 43.5 Å². The number of carbonyl (C=O) groups excluding carboxylic acids is 2. The van der Waals surface area contributed by atoms with Crippen molar-refractivity contribution in [3.05, 3.63) is 102 Å². The van der Waals surface area contributed by atoms with E-state index in [2.05, 4.69) is 5.48 Å². The fourth-order valence-corrected chi connectivity index (χ4v) is 9.68. The molecule has 1 N–H and O–H groups in total. The molecule has 0 spiro atoms. The summed E-state index contributed by atoms with van der Waals surface area (Å²) in [5.41, 5.74) is 6.15. The average Bonchev–Trinajstić information content (AvgIpc) is 3.77. The Balaban J connectivity index is 1.08. The number of ether oxygens (including phenoxy) is 2. The predicted octanol–water partition coefficient (Wildman–Crippen LogP) is 6.63. The number of piperazine rings is 1. The predicted molar refractivity (Wildman–Crippen MR) is 182 cm³/mol. The van der Waals surface area contributed by atoms with Crippen LogP contribution in [0.1, 0.15) is 41.9 Å². The Morgan fingerprint density at radius 3 is 2.24 bits per heavy atom. The Labute approximate surface area is 296 Å². The number of halogens is 3. The van der Waals surface area contributed by atoms with Gasteiger partial charge >= 0.3 is 12.3 Å². The molecule has 268 valence electrons. The molecule has 0 bridgehead atoms. The number of fused-ring (bicyclic) bond motifs is 3. The Hall–Kier alpha value is -4.28. The Kier molecular flexibility index (Phi) is 9.91. The van der Waals surface area contributed by atoms with Crippen molar-refractivity contribution >= 4 is 33.4 Å². The molecule has 2 atom stereocenters. The molecule has 1 unspecified atom stereocenters. The lowest BCUT2D eigenvalue weighted by Crippen LogP contribution is -2.61. The third-order valence-corrected chi connectivity index (χ3v) is 12.8. The number of carbonyl (C=O) groups is 2. The minimum Gasteiger partial charge on any atom is -0.448 e. The molecule has 2 amide bonds. The zero-order valence-corrected chi connectivity index (χ0v) is 28.8. The van der Waals surface area contributed by atoms with Crippen LogP contribution in [0.3, 0.4) is 0 Å². The minimum atomic E-state index is -4.51. The molecular weight excluding hydrogens is 708 g/mol. The highest BCUT2D eigenvalue weighted by atomic mass is 32.2. The molecule has 15 heteroatoms. The van der Waals surface area contributed by atoms with Crippen molar-refractivity contribution < 1.29 is 45.5 Å². The molecule has 2 fully saturated rings. The van der Waals surface area contributed by atoms with Crippen LogP contribution in [0.15, 0.2) is 89.1 Å². The SMILES string of the molecule is O=C(NOC1CCCCO1)[C@H]1CN(C(=O)OCC2c3ccccc3-c3ccccc32)CCN1S(=O)(=O)c1ccc(-c2ccc(C(F)(F)F)cc2)s1. The zero-order chi connectivity index (χ0) is 35.8. The third kappa shape index (κ3) is 7.26. The van der Waals surface area contributed by atoms with E-state index in [9.17, 15) is 31.2 Å². The number of sulfonamides is 1. The fraction of sp³-hybridized carbons (Fsp3) is 0.333. The van der Waals surface area contributed by atoms with Crippen LogP contribution in [0.2, 0.25) is 0 Å². The number of amides is 2. The largest absolute Gasteiger partial charge is 0.448 e. The molecule has 7 rings (SSSR count). The maximum atomic E-state index is 14.1. The highest BCUT2D eigenvalue weighted by Crippen LogP contribution is 2.44. The highest BCUT2D eigenvalue weighted by molar-refractivity contribution is 7.91. The number of nitrogens with one attached hydrogen (secondary N) is 1. The van der Waals surface area contributed by atoms with Crippen LogP contribution >= 0.6 is 11.3 Å². The number of thiophene rings is 1. The molecule has 0 radical (unpaired) electrons. The zero-order valence-electron chi connectivity index (χ0n) is 27.2. The lowest BCUT2D eigenvalue weighted by molar-refractivity contribution is -0.202. The van der Waals surface area contributed by atoms with E-state index in [-0.39, 0.29) is 36.4 Å². The number of nitrogens with zero attached hydrogens (tertiary/aromatic N) is 2. The highest BCUT2D eigenvalue weighted by Gasteiger charge is 2.43. The number of benzene rings is 3. The van der Waals surface area contributed by atoms with Crippen LogP contribution in [-0.4, -0.2) is 74.8 Å². The lowest BCUT2D eigenvalue weighted by atomic mass is 9.98. The first-order chi connectivity index (χ1) is 24.5. The van der Waals surface area contributed by atoms with Gasteiger partial charge in [-0.05, 0) is 64.9 Å². The molecule has 0 saturated carbocycles. The number of alkyl halides is 3. The number of hydrogen-bond donors (Lipinski definition) is 1. The van der Waals surface area contributed by atoms with Gasteiger partial charge in [-0.15, -0.1) is 11.3 Å². The maximum absolute atomic E-state index is 14.1. The first-order valence-electron chi connectivity index (χ1n) is 16.5. The second-order valence-corrected chi connectivity index (χ2v) is 15.7. The summed E-state index contributed by atoms with van der Waals surface area (Å²) in [5.74, 6) is -0.980. The van der Waals surface area contributed by atoms with E-state index in [0.29, 0.717) is 23.5 Å². The molecule has 2 aliphatic heterocycles. The Bertz CT molecular complexity index is 1970. The number of hydroxylamine groups is 1. The van der Waals surface area contributed by atoms with Gasteiger partial charge in [0.2, 0.25) is 0 Å². The molecule has 3 heterocycles. The van der Waals surface area contributed by atoms with Crippen LogP contribution in [0.5, 0.6) is 0 Å². The van der Waals surface area contributed by atoms with Gasteiger partial charge in [-0.3, -0.25) is 4.79 Å². The van der Waals surface area contributed by atoms with Gasteiger partial charge in [-0.1, -0.05) is 60.7 Å². The molecule has 4 aromatic rings. The van der Waals surface area contributed by atoms with E-state index in [1.54, 1.807) is 0 Å². The summed E-state index contributed by atoms with van der Waals surface area (Å²) < 4.78 is 79.6. The standard InChI is InChI=1S/C36H34F3N3O7S2/c37-36(38,39)24-14-12-23(13-15-24)31-16-17-33(50-31)51(45,46)42-19-18-41(21-30(42)34(43)40-49-32-11-5-6-20-47-32)35(44)48-22-29-27-9-3-1-7-25(27)26-8-2-4-10-28(26)29/h1-4,7-10,12-17,29-30,32H,5-6,11,18-22H2,(H,40,43)/t30-,32?/m1/s1. The summed E-state index contributed by atoms with van der Waals surface area (Å²) in [6.45, 7) is -0.0822. The van der Waals surface area contributed by atoms with Gasteiger partial charge in [0.15, 0.2) is 6.29 Å². The van der Waals surface area contributed by atoms with Crippen molar-refractivity contribution in [2.24, 2.45) is 0 Å². The second kappa shape index (κ2) is 14.4. The first kappa shape index (κ1) is 35.1. The van der Waals surface area contributed by atoms with E-state index in [1.165, 1.54) is 29.2 Å². The molecule has 51 heavy (non-hydrogen) atoms. The quantitative estimate of drug-likeness (QED) is 0.202. The molecule has 3 aliphatic rings. The van der Waals surface area contributed by atoms with Gasteiger partial charge in [-0.25, -0.2) is 23.5 Å². The van der Waals surface area contributed by atoms with Crippen LogP contribution in [0.4, 0.5) is 18.0 Å². The average molecular weight is 742 g/mol. The first-order valence-corrected chi connectivity index (χ1v) is 18.7. The van der Waals surface area contributed by atoms with Crippen molar-refractivity contribution in [2.75, 3.05) is 32.8 Å². The van der Waals surface area contributed by atoms with Gasteiger partial charge < -0.3 is 14.4 Å². The summed E-state index contributed by atoms with van der Waals surface area (Å²) >= 11 is 0.869. The third-order valence-electron chi connectivity index (χ3n) is 9.30. The molecule has 2 saturated heterocycles. The van der Waals surface area contributed by atoms with Crippen molar-refractivity contribution in [1.29, 1.82) is 0 Å². The summed E-state index contributed by atoms with van der Waals surface area (Å²) in [4.78, 5) is 34.3. The van der Waals surface area contributed by atoms with E-state index < -0.39 is 46.1 Å². The van der Waals surface area contributed by atoms with Crippen molar-refractivity contribution in [3.8, 4) is 21.6 Å². The number of rotatable bonds is 8. The molecule has 10 nitrogen and oxygen atoms in total.